The molecule has 1 unspecified atom stereocenters. The first-order valence-corrected chi connectivity index (χ1v) is 7.43. The number of carbonyl (C=O) groups excluding carboxylic acids is 2. The van der Waals surface area contributed by atoms with Crippen molar-refractivity contribution in [3.63, 3.8) is 0 Å². The molecule has 2 amide bonds. The number of carbonyl (C=O) groups is 2. The Bertz CT molecular complexity index is 355. The fraction of sp³-hybridized carbons (Fsp3) is 0.867. The fourth-order valence-electron chi connectivity index (χ4n) is 2.14. The van der Waals surface area contributed by atoms with Gasteiger partial charge in [0.05, 0.1) is 0 Å². The van der Waals surface area contributed by atoms with Crippen molar-refractivity contribution in [2.24, 2.45) is 10.8 Å². The average molecular weight is 283 g/mol. The van der Waals surface area contributed by atoms with Crippen LogP contribution in [0.3, 0.4) is 0 Å². The van der Waals surface area contributed by atoms with Crippen LogP contribution in [0.25, 0.3) is 0 Å². The van der Waals surface area contributed by atoms with Crippen molar-refractivity contribution < 1.29 is 9.59 Å². The summed E-state index contributed by atoms with van der Waals surface area (Å²) in [4.78, 5) is 23.9. The van der Waals surface area contributed by atoms with Crippen LogP contribution in [0, 0.1) is 10.8 Å². The van der Waals surface area contributed by atoms with E-state index >= 15 is 0 Å². The molecule has 1 atom stereocenters. The van der Waals surface area contributed by atoms with E-state index in [2.05, 4.69) is 22.9 Å². The topological polar surface area (TPSA) is 70.2 Å². The molecule has 5 heteroatoms. The van der Waals surface area contributed by atoms with Crippen molar-refractivity contribution in [3.05, 3.63) is 0 Å². The molecule has 0 spiro atoms. The standard InChI is InChI=1S/C15H29N3O2/c1-11(18-13(20)14(2,3)4)12(19)17-10-15(5)6-8-16-9-7-15/h11,16H,6-10H2,1-5H3,(H,17,19)(H,18,20). The lowest BCUT2D eigenvalue weighted by atomic mass is 9.81. The van der Waals surface area contributed by atoms with E-state index < -0.39 is 11.5 Å². The van der Waals surface area contributed by atoms with Gasteiger partial charge in [0.25, 0.3) is 0 Å². The SMILES string of the molecule is CC(NC(=O)C(C)(C)C)C(=O)NCC1(C)CCNCC1. The van der Waals surface area contributed by atoms with Gasteiger partial charge >= 0.3 is 0 Å². The first-order valence-electron chi connectivity index (χ1n) is 7.43. The van der Waals surface area contributed by atoms with Gasteiger partial charge in [0.15, 0.2) is 0 Å². The van der Waals surface area contributed by atoms with Gasteiger partial charge in [0.2, 0.25) is 11.8 Å². The first kappa shape index (κ1) is 17.0. The predicted octanol–water partition coefficient (Wildman–Crippen LogP) is 1.04. The molecule has 0 aromatic heterocycles. The minimum absolute atomic E-state index is 0.103. The molecular formula is C15H29N3O2. The molecule has 0 aromatic carbocycles. The van der Waals surface area contributed by atoms with Crippen molar-refractivity contribution in [2.75, 3.05) is 19.6 Å². The monoisotopic (exact) mass is 283 g/mol. The molecule has 5 nitrogen and oxygen atoms in total. The third kappa shape index (κ3) is 5.12. The highest BCUT2D eigenvalue weighted by molar-refractivity contribution is 5.89. The summed E-state index contributed by atoms with van der Waals surface area (Å²) in [6.07, 6.45) is 2.13. The lowest BCUT2D eigenvalue weighted by Crippen LogP contribution is -2.51. The highest BCUT2D eigenvalue weighted by atomic mass is 16.2. The molecule has 0 aliphatic carbocycles. The fourth-order valence-corrected chi connectivity index (χ4v) is 2.14. The summed E-state index contributed by atoms with van der Waals surface area (Å²) in [6.45, 7) is 12.1. The highest BCUT2D eigenvalue weighted by Gasteiger charge is 2.29. The molecule has 1 saturated heterocycles. The Morgan fingerprint density at radius 2 is 1.80 bits per heavy atom. The van der Waals surface area contributed by atoms with Crippen LogP contribution in [-0.2, 0) is 9.59 Å². The van der Waals surface area contributed by atoms with E-state index in [0.717, 1.165) is 25.9 Å². The molecule has 0 aromatic rings. The van der Waals surface area contributed by atoms with Crippen LogP contribution in [0.15, 0.2) is 0 Å². The second-order valence-corrected chi connectivity index (χ2v) is 7.22. The van der Waals surface area contributed by atoms with Crippen LogP contribution in [0.4, 0.5) is 0 Å². The van der Waals surface area contributed by atoms with Gasteiger partial charge in [-0.05, 0) is 38.3 Å². The summed E-state index contributed by atoms with van der Waals surface area (Å²) in [5, 5.41) is 9.05. The normalized spacial score (nSPS) is 20.1. The molecule has 1 fully saturated rings. The molecule has 0 bridgehead atoms. The molecular weight excluding hydrogens is 254 g/mol. The molecule has 0 saturated carbocycles. The van der Waals surface area contributed by atoms with E-state index in [4.69, 9.17) is 0 Å². The van der Waals surface area contributed by atoms with Crippen molar-refractivity contribution >= 4 is 11.8 Å². The molecule has 116 valence electrons. The van der Waals surface area contributed by atoms with Gasteiger partial charge in [-0.2, -0.15) is 0 Å². The Hall–Kier alpha value is -1.10. The van der Waals surface area contributed by atoms with E-state index in [9.17, 15) is 9.59 Å². The smallest absolute Gasteiger partial charge is 0.242 e. The molecule has 3 N–H and O–H groups in total. The summed E-state index contributed by atoms with van der Waals surface area (Å²) in [7, 11) is 0. The predicted molar refractivity (Wildman–Crippen MR) is 80.3 cm³/mol. The molecule has 1 aliphatic heterocycles. The molecule has 20 heavy (non-hydrogen) atoms. The maximum absolute atomic E-state index is 12.0. The summed E-state index contributed by atoms with van der Waals surface area (Å²) >= 11 is 0. The van der Waals surface area contributed by atoms with Gasteiger partial charge < -0.3 is 16.0 Å². The van der Waals surface area contributed by atoms with Crippen LogP contribution in [0.1, 0.15) is 47.5 Å². The van der Waals surface area contributed by atoms with Crippen molar-refractivity contribution in [3.8, 4) is 0 Å². The summed E-state index contributed by atoms with van der Waals surface area (Å²) in [6, 6.07) is -0.493. The maximum Gasteiger partial charge on any atom is 0.242 e. The molecule has 1 aliphatic rings. The summed E-state index contributed by atoms with van der Waals surface area (Å²) < 4.78 is 0. The third-order valence-electron chi connectivity index (χ3n) is 3.92. The van der Waals surface area contributed by atoms with E-state index in [0.29, 0.717) is 6.54 Å². The van der Waals surface area contributed by atoms with E-state index in [1.807, 2.05) is 20.8 Å². The van der Waals surface area contributed by atoms with Crippen LogP contribution in [0.2, 0.25) is 0 Å². The van der Waals surface area contributed by atoms with Gasteiger partial charge in [-0.15, -0.1) is 0 Å². The third-order valence-corrected chi connectivity index (χ3v) is 3.92. The van der Waals surface area contributed by atoms with Gasteiger partial charge in [-0.25, -0.2) is 0 Å². The lowest BCUT2D eigenvalue weighted by Gasteiger charge is -2.34. The Morgan fingerprint density at radius 3 is 2.30 bits per heavy atom. The van der Waals surface area contributed by atoms with Crippen molar-refractivity contribution in [1.82, 2.24) is 16.0 Å². The van der Waals surface area contributed by atoms with E-state index in [1.165, 1.54) is 0 Å². The van der Waals surface area contributed by atoms with Crippen molar-refractivity contribution in [2.45, 2.75) is 53.5 Å². The summed E-state index contributed by atoms with van der Waals surface area (Å²) in [5.74, 6) is -0.212. The molecule has 1 heterocycles. The number of nitrogens with one attached hydrogen (secondary N) is 3. The number of hydrogen-bond donors (Lipinski definition) is 3. The Balaban J connectivity index is 2.40. The van der Waals surface area contributed by atoms with Crippen LogP contribution >= 0.6 is 0 Å². The zero-order chi connectivity index (χ0) is 15.4. The van der Waals surface area contributed by atoms with Gasteiger partial charge in [0.1, 0.15) is 6.04 Å². The Kier molecular flexibility index (Phi) is 5.57. The zero-order valence-corrected chi connectivity index (χ0v) is 13.4. The highest BCUT2D eigenvalue weighted by Crippen LogP contribution is 2.26. The number of piperidine rings is 1. The van der Waals surface area contributed by atoms with E-state index in [-0.39, 0.29) is 17.2 Å². The average Bonchev–Trinajstić information content (AvgIpc) is 2.35. The molecule has 1 rings (SSSR count). The quantitative estimate of drug-likeness (QED) is 0.722. The minimum atomic E-state index is -0.493. The minimum Gasteiger partial charge on any atom is -0.354 e. The Labute approximate surface area is 122 Å². The maximum atomic E-state index is 12.0. The summed E-state index contributed by atoms with van der Waals surface area (Å²) in [5.41, 5.74) is -0.315. The van der Waals surface area contributed by atoms with Crippen LogP contribution < -0.4 is 16.0 Å². The van der Waals surface area contributed by atoms with Gasteiger partial charge in [0, 0.05) is 12.0 Å². The Morgan fingerprint density at radius 1 is 1.25 bits per heavy atom. The largest absolute Gasteiger partial charge is 0.354 e. The second-order valence-electron chi connectivity index (χ2n) is 7.22. The van der Waals surface area contributed by atoms with Crippen LogP contribution in [0.5, 0.6) is 0 Å². The number of hydrogen-bond acceptors (Lipinski definition) is 3. The first-order chi connectivity index (χ1) is 9.14. The lowest BCUT2D eigenvalue weighted by molar-refractivity contribution is -0.133. The number of amides is 2. The van der Waals surface area contributed by atoms with Gasteiger partial charge in [-0.1, -0.05) is 27.7 Å². The van der Waals surface area contributed by atoms with Crippen LogP contribution in [-0.4, -0.2) is 37.5 Å². The van der Waals surface area contributed by atoms with Crippen molar-refractivity contribution in [1.29, 1.82) is 0 Å². The molecule has 0 radical (unpaired) electrons. The van der Waals surface area contributed by atoms with E-state index in [1.54, 1.807) is 6.92 Å². The number of rotatable bonds is 4. The zero-order valence-electron chi connectivity index (χ0n) is 13.4. The second kappa shape index (κ2) is 6.57. The van der Waals surface area contributed by atoms with Gasteiger partial charge in [-0.3, -0.25) is 9.59 Å².